The number of hydrogen-bond acceptors (Lipinski definition) is 7. The van der Waals surface area contributed by atoms with Crippen molar-refractivity contribution in [2.45, 2.75) is 27.2 Å². The van der Waals surface area contributed by atoms with Crippen molar-refractivity contribution >= 4 is 17.3 Å². The van der Waals surface area contributed by atoms with Crippen LogP contribution in [0.25, 0.3) is 0 Å². The molecule has 1 unspecified atom stereocenters. The first-order chi connectivity index (χ1) is 9.34. The molecule has 0 aromatic carbocycles. The number of nitrogen functional groups attached to an aromatic ring is 1. The van der Waals surface area contributed by atoms with E-state index in [-0.39, 0.29) is 16.9 Å². The maximum absolute atomic E-state index is 11.2. The Morgan fingerprint density at radius 3 is 2.70 bits per heavy atom. The summed E-state index contributed by atoms with van der Waals surface area (Å²) in [6, 6.07) is 0. The smallest absolute Gasteiger partial charge is 0.350 e. The van der Waals surface area contributed by atoms with Crippen molar-refractivity contribution in [3.63, 3.8) is 0 Å². The van der Waals surface area contributed by atoms with Gasteiger partial charge in [-0.2, -0.15) is 0 Å². The average molecular weight is 280 g/mol. The second-order valence-electron chi connectivity index (χ2n) is 6.09. The normalized spacial score (nSPS) is 19.2. The molecule has 2 heterocycles. The summed E-state index contributed by atoms with van der Waals surface area (Å²) in [7, 11) is 0. The summed E-state index contributed by atoms with van der Waals surface area (Å²) >= 11 is 0. The first kappa shape index (κ1) is 14.4. The van der Waals surface area contributed by atoms with Gasteiger partial charge >= 0.3 is 5.69 Å². The van der Waals surface area contributed by atoms with Crippen molar-refractivity contribution in [2.24, 2.45) is 17.2 Å². The summed E-state index contributed by atoms with van der Waals surface area (Å²) in [6.07, 6.45) is 2.29. The van der Waals surface area contributed by atoms with Gasteiger partial charge in [-0.25, -0.2) is 15.8 Å². The highest BCUT2D eigenvalue weighted by molar-refractivity contribution is 5.70. The van der Waals surface area contributed by atoms with Crippen molar-refractivity contribution in [1.29, 1.82) is 0 Å². The molecular weight excluding hydrogens is 260 g/mol. The molecule has 1 aliphatic rings. The number of rotatable bonds is 3. The second-order valence-corrected chi connectivity index (χ2v) is 6.09. The minimum absolute atomic E-state index is 0.0409. The predicted octanol–water partition coefficient (Wildman–Crippen LogP) is 1.54. The van der Waals surface area contributed by atoms with Crippen molar-refractivity contribution in [3.8, 4) is 0 Å². The lowest BCUT2D eigenvalue weighted by Crippen LogP contribution is -2.27. The molecule has 0 aliphatic carbocycles. The molecule has 0 radical (unpaired) electrons. The standard InChI is InChI=1S/C12H20N6O2/c1-12(2,3)8-4-5-17(6-8)11-9(18(19)20)10(16-13)14-7-15-11/h7-8H,4-6,13H2,1-3H3,(H,14,15,16). The Labute approximate surface area is 117 Å². The lowest BCUT2D eigenvalue weighted by molar-refractivity contribution is -0.383. The van der Waals surface area contributed by atoms with E-state index in [1.54, 1.807) is 0 Å². The molecule has 1 saturated heterocycles. The molecule has 0 saturated carbocycles. The third-order valence-electron chi connectivity index (χ3n) is 3.83. The van der Waals surface area contributed by atoms with Crippen molar-refractivity contribution < 1.29 is 4.92 Å². The highest BCUT2D eigenvalue weighted by Crippen LogP contribution is 2.38. The van der Waals surface area contributed by atoms with Crippen LogP contribution >= 0.6 is 0 Å². The van der Waals surface area contributed by atoms with Gasteiger partial charge in [0.05, 0.1) is 4.92 Å². The highest BCUT2D eigenvalue weighted by atomic mass is 16.6. The number of nitro groups is 1. The number of nitrogens with zero attached hydrogens (tertiary/aromatic N) is 4. The lowest BCUT2D eigenvalue weighted by atomic mass is 9.80. The third-order valence-corrected chi connectivity index (χ3v) is 3.83. The van der Waals surface area contributed by atoms with Gasteiger partial charge in [0.1, 0.15) is 6.33 Å². The molecule has 1 aliphatic heterocycles. The maximum atomic E-state index is 11.2. The third kappa shape index (κ3) is 2.64. The SMILES string of the molecule is CC(C)(C)C1CCN(c2ncnc(NN)c2[N+](=O)[O-])C1. The van der Waals surface area contributed by atoms with Crippen molar-refractivity contribution in [2.75, 3.05) is 23.4 Å². The van der Waals surface area contributed by atoms with Gasteiger partial charge in [-0.15, -0.1) is 0 Å². The number of nitrogens with one attached hydrogen (secondary N) is 1. The fourth-order valence-corrected chi connectivity index (χ4v) is 2.53. The second kappa shape index (κ2) is 5.20. The van der Waals surface area contributed by atoms with Crippen LogP contribution in [-0.4, -0.2) is 28.0 Å². The van der Waals surface area contributed by atoms with Gasteiger partial charge in [-0.05, 0) is 17.8 Å². The van der Waals surface area contributed by atoms with Gasteiger partial charge in [0.15, 0.2) is 0 Å². The molecule has 0 spiro atoms. The van der Waals surface area contributed by atoms with Crippen LogP contribution in [0.2, 0.25) is 0 Å². The zero-order valence-corrected chi connectivity index (χ0v) is 12.0. The van der Waals surface area contributed by atoms with Crippen LogP contribution in [0, 0.1) is 21.4 Å². The summed E-state index contributed by atoms with van der Waals surface area (Å²) in [6.45, 7) is 8.06. The summed E-state index contributed by atoms with van der Waals surface area (Å²) < 4.78 is 0. The van der Waals surface area contributed by atoms with E-state index in [4.69, 9.17) is 5.84 Å². The number of anilines is 2. The van der Waals surface area contributed by atoms with E-state index in [1.165, 1.54) is 6.33 Å². The molecule has 8 nitrogen and oxygen atoms in total. The Hall–Kier alpha value is -1.96. The van der Waals surface area contributed by atoms with E-state index in [1.807, 2.05) is 4.90 Å². The molecule has 110 valence electrons. The Balaban J connectivity index is 2.33. The molecule has 1 aromatic rings. The molecule has 0 bridgehead atoms. The molecule has 3 N–H and O–H groups in total. The molecule has 1 aromatic heterocycles. The molecule has 1 atom stereocenters. The van der Waals surface area contributed by atoms with Gasteiger partial charge in [0, 0.05) is 13.1 Å². The zero-order chi connectivity index (χ0) is 14.9. The Morgan fingerprint density at radius 2 is 2.20 bits per heavy atom. The monoisotopic (exact) mass is 280 g/mol. The van der Waals surface area contributed by atoms with Gasteiger partial charge in [0.25, 0.3) is 0 Å². The van der Waals surface area contributed by atoms with Gasteiger partial charge in [0.2, 0.25) is 11.6 Å². The maximum Gasteiger partial charge on any atom is 0.354 e. The van der Waals surface area contributed by atoms with Gasteiger partial charge in [-0.1, -0.05) is 20.8 Å². The predicted molar refractivity (Wildman–Crippen MR) is 76.3 cm³/mol. The molecule has 0 amide bonds. The minimum atomic E-state index is -0.491. The van der Waals surface area contributed by atoms with Crippen LogP contribution < -0.4 is 16.2 Å². The number of hydrogen-bond donors (Lipinski definition) is 2. The molecule has 1 fully saturated rings. The lowest BCUT2D eigenvalue weighted by Gasteiger charge is -2.27. The quantitative estimate of drug-likeness (QED) is 0.491. The highest BCUT2D eigenvalue weighted by Gasteiger charge is 2.36. The van der Waals surface area contributed by atoms with Crippen LogP contribution in [0.5, 0.6) is 0 Å². The van der Waals surface area contributed by atoms with Crippen LogP contribution in [-0.2, 0) is 0 Å². The fourth-order valence-electron chi connectivity index (χ4n) is 2.53. The topological polar surface area (TPSA) is 110 Å². The van der Waals surface area contributed by atoms with Crippen molar-refractivity contribution in [1.82, 2.24) is 9.97 Å². The van der Waals surface area contributed by atoms with Gasteiger partial charge < -0.3 is 10.3 Å². The summed E-state index contributed by atoms with van der Waals surface area (Å²) in [5, 5.41) is 11.2. The Bertz CT molecular complexity index is 513. The Morgan fingerprint density at radius 1 is 1.50 bits per heavy atom. The van der Waals surface area contributed by atoms with E-state index in [0.29, 0.717) is 11.7 Å². The number of nitrogens with two attached hydrogens (primary N) is 1. The van der Waals surface area contributed by atoms with Crippen LogP contribution in [0.3, 0.4) is 0 Å². The van der Waals surface area contributed by atoms with E-state index in [2.05, 4.69) is 36.2 Å². The first-order valence-electron chi connectivity index (χ1n) is 6.55. The van der Waals surface area contributed by atoms with E-state index >= 15 is 0 Å². The minimum Gasteiger partial charge on any atom is -0.350 e. The van der Waals surface area contributed by atoms with Gasteiger partial charge in [-0.3, -0.25) is 10.1 Å². The molecule has 20 heavy (non-hydrogen) atoms. The molecule has 2 rings (SSSR count). The largest absolute Gasteiger partial charge is 0.354 e. The van der Waals surface area contributed by atoms with Crippen LogP contribution in [0.15, 0.2) is 6.33 Å². The first-order valence-corrected chi connectivity index (χ1v) is 6.55. The van der Waals surface area contributed by atoms with Crippen molar-refractivity contribution in [3.05, 3.63) is 16.4 Å². The summed E-state index contributed by atoms with van der Waals surface area (Å²) in [5.41, 5.74) is 2.27. The average Bonchev–Trinajstić information content (AvgIpc) is 2.86. The Kier molecular flexibility index (Phi) is 3.76. The molecule has 8 heteroatoms. The molecular formula is C12H20N6O2. The fraction of sp³-hybridized carbons (Fsp3) is 0.667. The number of aromatic nitrogens is 2. The zero-order valence-electron chi connectivity index (χ0n) is 12.0. The summed E-state index contributed by atoms with van der Waals surface area (Å²) in [4.78, 5) is 20.6. The van der Waals surface area contributed by atoms with E-state index in [9.17, 15) is 10.1 Å². The summed E-state index contributed by atoms with van der Waals surface area (Å²) in [5.74, 6) is 6.15. The van der Waals surface area contributed by atoms with Crippen LogP contribution in [0.4, 0.5) is 17.3 Å². The number of hydrazine groups is 1. The van der Waals surface area contributed by atoms with E-state index in [0.717, 1.165) is 19.5 Å². The van der Waals surface area contributed by atoms with E-state index < -0.39 is 4.92 Å². The van der Waals surface area contributed by atoms with Crippen LogP contribution in [0.1, 0.15) is 27.2 Å².